The number of nitrogens with zero attached hydrogens (tertiary/aromatic N) is 1. The second-order valence-corrected chi connectivity index (χ2v) is 5.73. The first-order valence-corrected chi connectivity index (χ1v) is 7.75. The molecule has 1 aliphatic rings. The van der Waals surface area contributed by atoms with Crippen molar-refractivity contribution in [3.8, 4) is 0 Å². The van der Waals surface area contributed by atoms with Gasteiger partial charge in [-0.15, -0.1) is 0 Å². The Kier molecular flexibility index (Phi) is 5.30. The van der Waals surface area contributed by atoms with Crippen LogP contribution in [0.5, 0.6) is 0 Å². The minimum atomic E-state index is -0.819. The molecule has 3 N–H and O–H groups in total. The Balaban J connectivity index is 2.48. The van der Waals surface area contributed by atoms with Crippen molar-refractivity contribution in [3.63, 3.8) is 0 Å². The van der Waals surface area contributed by atoms with Crippen molar-refractivity contribution in [1.29, 1.82) is 0 Å². The highest BCUT2D eigenvalue weighted by molar-refractivity contribution is 5.27. The molecule has 0 bridgehead atoms. The van der Waals surface area contributed by atoms with E-state index in [1.165, 1.54) is 0 Å². The van der Waals surface area contributed by atoms with Crippen LogP contribution in [0.25, 0.3) is 0 Å². The molecule has 0 heterocycles. The summed E-state index contributed by atoms with van der Waals surface area (Å²) >= 11 is 0. The number of hydrazine groups is 1. The summed E-state index contributed by atoms with van der Waals surface area (Å²) in [6.07, 6.45) is 4.07. The van der Waals surface area contributed by atoms with Crippen molar-refractivity contribution in [2.75, 3.05) is 13.1 Å². The number of likely N-dealkylation sites (N-methyl/N-ethyl adjacent to an activating group) is 1. The number of benzene rings is 1. The van der Waals surface area contributed by atoms with Crippen molar-refractivity contribution in [3.05, 3.63) is 35.4 Å². The van der Waals surface area contributed by atoms with E-state index in [9.17, 15) is 8.78 Å². The summed E-state index contributed by atoms with van der Waals surface area (Å²) in [5, 5.41) is 0. The minimum Gasteiger partial charge on any atom is -0.296 e. The molecule has 5 heteroatoms. The number of halogens is 2. The lowest BCUT2D eigenvalue weighted by atomic mass is 9.82. The first-order valence-electron chi connectivity index (χ1n) is 7.75. The van der Waals surface area contributed by atoms with Crippen LogP contribution < -0.4 is 11.3 Å². The monoisotopic (exact) mass is 297 g/mol. The van der Waals surface area contributed by atoms with E-state index < -0.39 is 17.7 Å². The Hall–Kier alpha value is -1.04. The van der Waals surface area contributed by atoms with Crippen LogP contribution in [0.15, 0.2) is 18.2 Å². The van der Waals surface area contributed by atoms with Gasteiger partial charge in [-0.2, -0.15) is 0 Å². The van der Waals surface area contributed by atoms with Crippen LogP contribution in [0, 0.1) is 11.6 Å². The van der Waals surface area contributed by atoms with Crippen molar-refractivity contribution in [1.82, 2.24) is 10.3 Å². The SMILES string of the molecule is CCN(CC)C1(C(NN)c2cccc(F)c2F)CCCC1. The van der Waals surface area contributed by atoms with E-state index in [1.807, 2.05) is 0 Å². The second kappa shape index (κ2) is 6.81. The van der Waals surface area contributed by atoms with Gasteiger partial charge in [0.1, 0.15) is 0 Å². The van der Waals surface area contributed by atoms with E-state index >= 15 is 0 Å². The third kappa shape index (κ3) is 2.82. The van der Waals surface area contributed by atoms with Crippen LogP contribution in [-0.2, 0) is 0 Å². The van der Waals surface area contributed by atoms with Crippen molar-refractivity contribution in [2.45, 2.75) is 51.1 Å². The summed E-state index contributed by atoms with van der Waals surface area (Å²) in [5.74, 6) is 4.16. The van der Waals surface area contributed by atoms with Gasteiger partial charge in [-0.1, -0.05) is 38.8 Å². The molecule has 0 aromatic heterocycles. The number of nitrogens with two attached hydrogens (primary N) is 1. The van der Waals surface area contributed by atoms with Gasteiger partial charge in [-0.05, 0) is 32.0 Å². The highest BCUT2D eigenvalue weighted by atomic mass is 19.2. The topological polar surface area (TPSA) is 41.3 Å². The summed E-state index contributed by atoms with van der Waals surface area (Å²) in [7, 11) is 0. The van der Waals surface area contributed by atoms with E-state index in [0.717, 1.165) is 44.8 Å². The largest absolute Gasteiger partial charge is 0.296 e. The zero-order valence-electron chi connectivity index (χ0n) is 12.8. The van der Waals surface area contributed by atoms with Gasteiger partial charge >= 0.3 is 0 Å². The summed E-state index contributed by atoms with van der Waals surface area (Å²) < 4.78 is 27.8. The molecule has 1 fully saturated rings. The van der Waals surface area contributed by atoms with Crippen molar-refractivity contribution < 1.29 is 8.78 Å². The van der Waals surface area contributed by atoms with Crippen LogP contribution >= 0.6 is 0 Å². The number of hydrogen-bond donors (Lipinski definition) is 2. The Morgan fingerprint density at radius 3 is 2.38 bits per heavy atom. The van der Waals surface area contributed by atoms with Crippen LogP contribution in [0.4, 0.5) is 8.78 Å². The highest BCUT2D eigenvalue weighted by Crippen LogP contribution is 2.44. The molecule has 3 nitrogen and oxygen atoms in total. The first-order chi connectivity index (χ1) is 10.1. The third-order valence-electron chi connectivity index (χ3n) is 4.86. The molecule has 1 aromatic carbocycles. The van der Waals surface area contributed by atoms with E-state index in [1.54, 1.807) is 12.1 Å². The summed E-state index contributed by atoms with van der Waals surface area (Å²) in [6.45, 7) is 5.93. The standard InChI is InChI=1S/C16H25F2N3/c1-3-21(4-2)16(10-5-6-11-16)15(20-19)12-8-7-9-13(17)14(12)18/h7-9,15,20H,3-6,10-11,19H2,1-2H3. The van der Waals surface area contributed by atoms with Gasteiger partial charge in [-0.3, -0.25) is 16.2 Å². The molecule has 1 aromatic rings. The summed E-state index contributed by atoms with van der Waals surface area (Å²) in [4.78, 5) is 2.33. The van der Waals surface area contributed by atoms with Gasteiger partial charge in [0.05, 0.1) is 6.04 Å². The lowest BCUT2D eigenvalue weighted by molar-refractivity contribution is 0.0610. The highest BCUT2D eigenvalue weighted by Gasteiger charge is 2.46. The molecular weight excluding hydrogens is 272 g/mol. The normalized spacial score (nSPS) is 19.1. The first kappa shape index (κ1) is 16.3. The molecule has 21 heavy (non-hydrogen) atoms. The van der Waals surface area contributed by atoms with Gasteiger partial charge in [0, 0.05) is 11.1 Å². The molecule has 0 amide bonds. The van der Waals surface area contributed by atoms with Gasteiger partial charge in [0.25, 0.3) is 0 Å². The van der Waals surface area contributed by atoms with Crippen LogP contribution in [-0.4, -0.2) is 23.5 Å². The number of rotatable bonds is 6. The Labute approximate surface area is 125 Å². The smallest absolute Gasteiger partial charge is 0.163 e. The molecule has 118 valence electrons. The molecule has 2 rings (SSSR count). The van der Waals surface area contributed by atoms with E-state index in [4.69, 9.17) is 5.84 Å². The van der Waals surface area contributed by atoms with Crippen molar-refractivity contribution >= 4 is 0 Å². The molecular formula is C16H25F2N3. The molecule has 0 saturated heterocycles. The predicted molar refractivity (Wildman–Crippen MR) is 80.5 cm³/mol. The molecule has 1 saturated carbocycles. The van der Waals surface area contributed by atoms with Gasteiger partial charge < -0.3 is 0 Å². The molecule has 0 radical (unpaired) electrons. The minimum absolute atomic E-state index is 0.243. The zero-order valence-corrected chi connectivity index (χ0v) is 12.8. The van der Waals surface area contributed by atoms with E-state index in [0.29, 0.717) is 5.56 Å². The van der Waals surface area contributed by atoms with Crippen LogP contribution in [0.3, 0.4) is 0 Å². The summed E-state index contributed by atoms with van der Waals surface area (Å²) in [6, 6.07) is 3.91. The zero-order chi connectivity index (χ0) is 15.5. The Morgan fingerprint density at radius 1 is 1.24 bits per heavy atom. The quantitative estimate of drug-likeness (QED) is 0.626. The van der Waals surface area contributed by atoms with Gasteiger partial charge in [0.2, 0.25) is 0 Å². The third-order valence-corrected chi connectivity index (χ3v) is 4.86. The summed E-state index contributed by atoms with van der Waals surface area (Å²) in [5.41, 5.74) is 2.85. The fourth-order valence-electron chi connectivity index (χ4n) is 3.91. The van der Waals surface area contributed by atoms with Gasteiger partial charge in [0.15, 0.2) is 11.6 Å². The van der Waals surface area contributed by atoms with E-state index in [-0.39, 0.29) is 5.54 Å². The predicted octanol–water partition coefficient (Wildman–Crippen LogP) is 3.12. The average molecular weight is 297 g/mol. The maximum Gasteiger partial charge on any atom is 0.163 e. The van der Waals surface area contributed by atoms with Crippen LogP contribution in [0.2, 0.25) is 0 Å². The van der Waals surface area contributed by atoms with Gasteiger partial charge in [-0.25, -0.2) is 8.78 Å². The Bertz CT molecular complexity index is 469. The fraction of sp³-hybridized carbons (Fsp3) is 0.625. The maximum atomic E-state index is 14.2. The lowest BCUT2D eigenvalue weighted by Crippen LogP contribution is -2.56. The second-order valence-electron chi connectivity index (χ2n) is 5.73. The molecule has 1 aliphatic carbocycles. The molecule has 1 unspecified atom stereocenters. The number of hydrogen-bond acceptors (Lipinski definition) is 3. The number of nitrogens with one attached hydrogen (secondary N) is 1. The van der Waals surface area contributed by atoms with E-state index in [2.05, 4.69) is 24.2 Å². The molecule has 0 aliphatic heterocycles. The Morgan fingerprint density at radius 2 is 1.86 bits per heavy atom. The average Bonchev–Trinajstić information content (AvgIpc) is 2.96. The van der Waals surface area contributed by atoms with Crippen molar-refractivity contribution in [2.24, 2.45) is 5.84 Å². The lowest BCUT2D eigenvalue weighted by Gasteiger charge is -2.46. The molecule has 1 atom stereocenters. The van der Waals surface area contributed by atoms with Crippen LogP contribution in [0.1, 0.15) is 51.1 Å². The fourth-order valence-corrected chi connectivity index (χ4v) is 3.91. The molecule has 0 spiro atoms. The maximum absolute atomic E-state index is 14.2.